The molecule has 0 fully saturated rings. The number of benzene rings is 2. The van der Waals surface area contributed by atoms with Crippen LogP contribution in [0.25, 0.3) is 22.2 Å². The van der Waals surface area contributed by atoms with Crippen LogP contribution in [-0.4, -0.2) is 15.9 Å². The van der Waals surface area contributed by atoms with E-state index < -0.39 is 5.82 Å². The van der Waals surface area contributed by atoms with Crippen molar-refractivity contribution in [2.75, 3.05) is 0 Å². The zero-order chi connectivity index (χ0) is 18.6. The quantitative estimate of drug-likeness (QED) is 0.590. The first-order chi connectivity index (χ1) is 13.2. The number of nitrogens with zero attached hydrogens (tertiary/aromatic N) is 2. The highest BCUT2D eigenvalue weighted by molar-refractivity contribution is 6.07. The molecule has 132 valence electrons. The Hall–Kier alpha value is -3.60. The molecular formula is C22H16FN3O. The van der Waals surface area contributed by atoms with Crippen molar-refractivity contribution in [1.29, 1.82) is 0 Å². The van der Waals surface area contributed by atoms with Crippen molar-refractivity contribution in [3.63, 3.8) is 0 Å². The van der Waals surface area contributed by atoms with Gasteiger partial charge in [0.2, 0.25) is 0 Å². The third-order valence-electron chi connectivity index (χ3n) is 4.26. The van der Waals surface area contributed by atoms with Gasteiger partial charge in [0.1, 0.15) is 5.82 Å². The van der Waals surface area contributed by atoms with Gasteiger partial charge >= 0.3 is 0 Å². The number of pyridine rings is 2. The molecule has 0 atom stereocenters. The van der Waals surface area contributed by atoms with Crippen molar-refractivity contribution in [3.8, 4) is 11.3 Å². The minimum absolute atomic E-state index is 0.283. The number of carbonyl (C=O) groups is 1. The van der Waals surface area contributed by atoms with E-state index in [1.54, 1.807) is 24.5 Å². The second-order valence-corrected chi connectivity index (χ2v) is 6.13. The molecule has 0 spiro atoms. The number of hydrogen-bond donors (Lipinski definition) is 1. The number of rotatable bonds is 4. The predicted molar refractivity (Wildman–Crippen MR) is 103 cm³/mol. The SMILES string of the molecule is O=C(NCc1cccnc1)c1cc(-c2ccccc2)nc2ccc(F)cc12. The number of carbonyl (C=O) groups excluding carboxylic acids is 1. The maximum Gasteiger partial charge on any atom is 0.252 e. The van der Waals surface area contributed by atoms with Gasteiger partial charge in [-0.2, -0.15) is 0 Å². The first-order valence-electron chi connectivity index (χ1n) is 8.53. The second-order valence-electron chi connectivity index (χ2n) is 6.13. The molecule has 0 aliphatic heterocycles. The van der Waals surface area contributed by atoms with Gasteiger partial charge in [-0.1, -0.05) is 36.4 Å². The zero-order valence-electron chi connectivity index (χ0n) is 14.4. The third-order valence-corrected chi connectivity index (χ3v) is 4.26. The van der Waals surface area contributed by atoms with Crippen LogP contribution in [0.1, 0.15) is 15.9 Å². The third kappa shape index (κ3) is 3.67. The van der Waals surface area contributed by atoms with Crippen LogP contribution < -0.4 is 5.32 Å². The predicted octanol–water partition coefficient (Wildman–Crippen LogP) is 4.37. The Kier molecular flexibility index (Phi) is 4.58. The molecule has 27 heavy (non-hydrogen) atoms. The molecule has 1 amide bonds. The molecule has 0 saturated heterocycles. The van der Waals surface area contributed by atoms with Gasteiger partial charge in [0.25, 0.3) is 5.91 Å². The van der Waals surface area contributed by atoms with Crippen LogP contribution in [0.2, 0.25) is 0 Å². The summed E-state index contributed by atoms with van der Waals surface area (Å²) in [4.78, 5) is 21.5. The largest absolute Gasteiger partial charge is 0.348 e. The fraction of sp³-hybridized carbons (Fsp3) is 0.0455. The summed E-state index contributed by atoms with van der Waals surface area (Å²) in [5.41, 5.74) is 3.41. The molecule has 2 aromatic heterocycles. The molecule has 0 aliphatic carbocycles. The Morgan fingerprint density at radius 1 is 1.00 bits per heavy atom. The fourth-order valence-corrected chi connectivity index (χ4v) is 2.92. The number of aromatic nitrogens is 2. The normalized spacial score (nSPS) is 10.7. The van der Waals surface area contributed by atoms with Gasteiger partial charge < -0.3 is 5.32 Å². The van der Waals surface area contributed by atoms with E-state index in [0.717, 1.165) is 11.1 Å². The van der Waals surface area contributed by atoms with Crippen LogP contribution in [0.4, 0.5) is 4.39 Å². The van der Waals surface area contributed by atoms with Crippen molar-refractivity contribution in [2.45, 2.75) is 6.54 Å². The maximum atomic E-state index is 13.8. The number of fused-ring (bicyclic) bond motifs is 1. The Bertz CT molecular complexity index is 1100. The van der Waals surface area contributed by atoms with Crippen molar-refractivity contribution in [2.24, 2.45) is 0 Å². The van der Waals surface area contributed by atoms with Crippen LogP contribution in [-0.2, 0) is 6.54 Å². The molecular weight excluding hydrogens is 341 g/mol. The van der Waals surface area contributed by atoms with Crippen LogP contribution in [0, 0.1) is 5.82 Å². The van der Waals surface area contributed by atoms with E-state index in [9.17, 15) is 9.18 Å². The summed E-state index contributed by atoms with van der Waals surface area (Å²) in [5, 5.41) is 3.36. The van der Waals surface area contributed by atoms with Gasteiger partial charge in [-0.05, 0) is 35.9 Å². The molecule has 0 saturated carbocycles. The van der Waals surface area contributed by atoms with Gasteiger partial charge in [-0.15, -0.1) is 0 Å². The molecule has 4 rings (SSSR count). The van der Waals surface area contributed by atoms with E-state index in [1.807, 2.05) is 42.5 Å². The van der Waals surface area contributed by atoms with E-state index in [1.165, 1.54) is 12.1 Å². The van der Waals surface area contributed by atoms with Crippen LogP contribution in [0.15, 0.2) is 79.1 Å². The first kappa shape index (κ1) is 16.8. The van der Waals surface area contributed by atoms with Gasteiger partial charge in [0, 0.05) is 29.9 Å². The Balaban J connectivity index is 1.75. The summed E-state index contributed by atoms with van der Waals surface area (Å²) >= 11 is 0. The molecule has 0 aliphatic rings. The van der Waals surface area contributed by atoms with Crippen molar-refractivity contribution in [1.82, 2.24) is 15.3 Å². The smallest absolute Gasteiger partial charge is 0.252 e. The molecule has 1 N–H and O–H groups in total. The minimum atomic E-state index is -0.405. The number of halogens is 1. The van der Waals surface area contributed by atoms with Crippen molar-refractivity contribution >= 4 is 16.8 Å². The molecule has 2 heterocycles. The van der Waals surface area contributed by atoms with Gasteiger partial charge in [0.05, 0.1) is 16.8 Å². The lowest BCUT2D eigenvalue weighted by Gasteiger charge is -2.11. The highest BCUT2D eigenvalue weighted by Gasteiger charge is 2.14. The first-order valence-corrected chi connectivity index (χ1v) is 8.53. The van der Waals surface area contributed by atoms with Gasteiger partial charge in [0.15, 0.2) is 0 Å². The molecule has 5 heteroatoms. The highest BCUT2D eigenvalue weighted by atomic mass is 19.1. The standard InChI is InChI=1S/C22H16FN3O/c23-17-8-9-20-18(11-17)19(12-21(26-20)16-6-2-1-3-7-16)22(27)25-14-15-5-4-10-24-13-15/h1-13H,14H2,(H,25,27). The lowest BCUT2D eigenvalue weighted by molar-refractivity contribution is 0.0952. The molecule has 2 aromatic carbocycles. The fourth-order valence-electron chi connectivity index (χ4n) is 2.92. The summed E-state index contributed by atoms with van der Waals surface area (Å²) in [5.74, 6) is -0.688. The van der Waals surface area contributed by atoms with Gasteiger partial charge in [-0.25, -0.2) is 9.37 Å². The monoisotopic (exact) mass is 357 g/mol. The number of nitrogens with one attached hydrogen (secondary N) is 1. The lowest BCUT2D eigenvalue weighted by atomic mass is 10.0. The summed E-state index contributed by atoms with van der Waals surface area (Å²) in [6, 6.07) is 19.3. The maximum absolute atomic E-state index is 13.8. The Morgan fingerprint density at radius 2 is 1.85 bits per heavy atom. The average molecular weight is 357 g/mol. The topological polar surface area (TPSA) is 54.9 Å². The van der Waals surface area contributed by atoms with E-state index in [0.29, 0.717) is 28.7 Å². The zero-order valence-corrected chi connectivity index (χ0v) is 14.4. The van der Waals surface area contributed by atoms with Crippen molar-refractivity contribution < 1.29 is 9.18 Å². The van der Waals surface area contributed by atoms with E-state index >= 15 is 0 Å². The molecule has 4 nitrogen and oxygen atoms in total. The lowest BCUT2D eigenvalue weighted by Crippen LogP contribution is -2.23. The summed E-state index contributed by atoms with van der Waals surface area (Å²) < 4.78 is 13.8. The van der Waals surface area contributed by atoms with Crippen LogP contribution in [0.3, 0.4) is 0 Å². The van der Waals surface area contributed by atoms with Crippen LogP contribution >= 0.6 is 0 Å². The van der Waals surface area contributed by atoms with E-state index in [2.05, 4.69) is 15.3 Å². The van der Waals surface area contributed by atoms with Gasteiger partial charge in [-0.3, -0.25) is 9.78 Å². The molecule has 4 aromatic rings. The second kappa shape index (κ2) is 7.33. The average Bonchev–Trinajstić information content (AvgIpc) is 2.72. The van der Waals surface area contributed by atoms with E-state index in [-0.39, 0.29) is 5.91 Å². The summed E-state index contributed by atoms with van der Waals surface area (Å²) in [7, 11) is 0. The summed E-state index contributed by atoms with van der Waals surface area (Å²) in [6.45, 7) is 0.340. The number of amides is 1. The number of hydrogen-bond acceptors (Lipinski definition) is 3. The Morgan fingerprint density at radius 3 is 2.63 bits per heavy atom. The van der Waals surface area contributed by atoms with E-state index in [4.69, 9.17) is 0 Å². The van der Waals surface area contributed by atoms with Crippen molar-refractivity contribution in [3.05, 3.63) is 96.1 Å². The Labute approximate surface area is 155 Å². The molecule has 0 bridgehead atoms. The summed E-state index contributed by atoms with van der Waals surface area (Å²) in [6.07, 6.45) is 3.37. The molecule has 0 radical (unpaired) electrons. The van der Waals surface area contributed by atoms with Crippen LogP contribution in [0.5, 0.6) is 0 Å². The highest BCUT2D eigenvalue weighted by Crippen LogP contribution is 2.25. The minimum Gasteiger partial charge on any atom is -0.348 e. The molecule has 0 unspecified atom stereocenters.